The van der Waals surface area contributed by atoms with Crippen molar-refractivity contribution in [1.82, 2.24) is 15.9 Å². The fourth-order valence-electron chi connectivity index (χ4n) is 3.07. The lowest BCUT2D eigenvalue weighted by Gasteiger charge is -2.27. The predicted molar refractivity (Wildman–Crippen MR) is 114 cm³/mol. The third-order valence-corrected chi connectivity index (χ3v) is 4.68. The van der Waals surface area contributed by atoms with Crippen LogP contribution in [0.25, 0.3) is 0 Å². The van der Waals surface area contributed by atoms with Crippen LogP contribution in [0.15, 0.2) is 71.7 Å². The summed E-state index contributed by atoms with van der Waals surface area (Å²) in [5.74, 6) is 0. The Balaban J connectivity index is 2.29. The first-order chi connectivity index (χ1) is 13.0. The molecule has 1 aromatic rings. The third kappa shape index (κ3) is 5.41. The summed E-state index contributed by atoms with van der Waals surface area (Å²) in [6.45, 7) is 10.6. The second-order valence-corrected chi connectivity index (χ2v) is 7.22. The molecule has 0 spiro atoms. The predicted octanol–water partition coefficient (Wildman–Crippen LogP) is 5.79. The van der Waals surface area contributed by atoms with E-state index in [0.29, 0.717) is 5.02 Å². The zero-order valence-corrected chi connectivity index (χ0v) is 17.4. The average molecular weight is 388 g/mol. The second-order valence-electron chi connectivity index (χ2n) is 6.78. The monoisotopic (exact) mass is 387 g/mol. The van der Waals surface area contributed by atoms with Gasteiger partial charge in [-0.3, -0.25) is 0 Å². The summed E-state index contributed by atoms with van der Waals surface area (Å²) in [6.07, 6.45) is 8.88. The van der Waals surface area contributed by atoms with Gasteiger partial charge in [0, 0.05) is 24.0 Å². The van der Waals surface area contributed by atoms with Crippen molar-refractivity contribution >= 4 is 11.6 Å². The van der Waals surface area contributed by atoms with Crippen LogP contribution in [0.5, 0.6) is 0 Å². The van der Waals surface area contributed by atoms with Gasteiger partial charge in [-0.1, -0.05) is 55.3 Å². The van der Waals surface area contributed by atoms with E-state index in [1.165, 1.54) is 11.1 Å². The number of unbranched alkanes of at least 4 members (excludes halogenated alkanes) is 1. The molecule has 0 saturated carbocycles. The van der Waals surface area contributed by atoms with Gasteiger partial charge in [0.15, 0.2) is 0 Å². The Morgan fingerprint density at radius 2 is 2.00 bits per heavy atom. The SMILES string of the molecule is C=C1C(CCCC)=C(NC)C(c2ccc(Cl)cc2)N1ON/C=C\C=C(C)C. The Kier molecular flexibility index (Phi) is 8.01. The summed E-state index contributed by atoms with van der Waals surface area (Å²) < 4.78 is 0. The minimum Gasteiger partial charge on any atom is -0.389 e. The molecule has 4 nitrogen and oxygen atoms in total. The molecule has 0 saturated heterocycles. The number of halogens is 1. The van der Waals surface area contributed by atoms with Crippen LogP contribution in [0, 0.1) is 0 Å². The van der Waals surface area contributed by atoms with E-state index in [4.69, 9.17) is 16.5 Å². The maximum absolute atomic E-state index is 6.08. The zero-order valence-electron chi connectivity index (χ0n) is 16.7. The fraction of sp³-hybridized carbons (Fsp3) is 0.364. The highest BCUT2D eigenvalue weighted by molar-refractivity contribution is 6.30. The van der Waals surface area contributed by atoms with Gasteiger partial charge in [0.2, 0.25) is 0 Å². The lowest BCUT2D eigenvalue weighted by atomic mass is 10.0. The molecule has 0 bridgehead atoms. The van der Waals surface area contributed by atoms with E-state index < -0.39 is 0 Å². The molecule has 1 aliphatic heterocycles. The molecule has 146 valence electrons. The number of benzene rings is 1. The van der Waals surface area contributed by atoms with Gasteiger partial charge in [-0.25, -0.2) is 10.5 Å². The lowest BCUT2D eigenvalue weighted by Crippen LogP contribution is -2.31. The van der Waals surface area contributed by atoms with Gasteiger partial charge in [0.25, 0.3) is 0 Å². The number of rotatable bonds is 9. The number of likely N-dealkylation sites (N-methyl/N-ethyl adjacent to an activating group) is 1. The van der Waals surface area contributed by atoms with Gasteiger partial charge in [0.05, 0.1) is 5.70 Å². The van der Waals surface area contributed by atoms with Crippen LogP contribution >= 0.6 is 11.6 Å². The highest BCUT2D eigenvalue weighted by Crippen LogP contribution is 2.42. The first-order valence-electron chi connectivity index (χ1n) is 9.36. The van der Waals surface area contributed by atoms with Crippen LogP contribution in [0.3, 0.4) is 0 Å². The molecule has 1 aromatic carbocycles. The normalized spacial score (nSPS) is 17.0. The number of nitrogens with zero attached hydrogens (tertiary/aromatic N) is 1. The highest BCUT2D eigenvalue weighted by atomic mass is 35.5. The van der Waals surface area contributed by atoms with Gasteiger partial charge < -0.3 is 5.32 Å². The second kappa shape index (κ2) is 10.2. The van der Waals surface area contributed by atoms with Crippen molar-refractivity contribution in [3.63, 3.8) is 0 Å². The molecule has 1 atom stereocenters. The van der Waals surface area contributed by atoms with Crippen LogP contribution < -0.4 is 10.8 Å². The van der Waals surface area contributed by atoms with E-state index in [9.17, 15) is 0 Å². The van der Waals surface area contributed by atoms with Crippen molar-refractivity contribution < 1.29 is 4.94 Å². The maximum atomic E-state index is 6.08. The molecular formula is C22H30ClN3O. The van der Waals surface area contributed by atoms with E-state index >= 15 is 0 Å². The van der Waals surface area contributed by atoms with Crippen molar-refractivity contribution in [2.75, 3.05) is 7.05 Å². The van der Waals surface area contributed by atoms with Crippen molar-refractivity contribution in [1.29, 1.82) is 0 Å². The molecule has 1 unspecified atom stereocenters. The summed E-state index contributed by atoms with van der Waals surface area (Å²) in [4.78, 5) is 5.89. The quantitative estimate of drug-likeness (QED) is 0.415. The van der Waals surface area contributed by atoms with Crippen molar-refractivity contribution in [2.24, 2.45) is 0 Å². The minimum atomic E-state index is -0.101. The smallest absolute Gasteiger partial charge is 0.124 e. The Bertz CT molecular complexity index is 730. The van der Waals surface area contributed by atoms with Crippen LogP contribution in [0.2, 0.25) is 5.02 Å². The number of hydrogen-bond donors (Lipinski definition) is 2. The van der Waals surface area contributed by atoms with Gasteiger partial charge in [-0.05, 0) is 56.0 Å². The molecule has 0 fully saturated rings. The maximum Gasteiger partial charge on any atom is 0.124 e. The van der Waals surface area contributed by atoms with Crippen LogP contribution in [0.4, 0.5) is 0 Å². The van der Waals surface area contributed by atoms with Crippen LogP contribution in [-0.4, -0.2) is 12.1 Å². The average Bonchev–Trinajstić information content (AvgIpc) is 2.91. The molecular weight excluding hydrogens is 358 g/mol. The van der Waals surface area contributed by atoms with Gasteiger partial charge >= 0.3 is 0 Å². The zero-order chi connectivity index (χ0) is 19.8. The summed E-state index contributed by atoms with van der Waals surface area (Å²) in [5, 5.41) is 5.91. The van der Waals surface area contributed by atoms with Gasteiger partial charge in [-0.2, -0.15) is 4.94 Å². The van der Waals surface area contributed by atoms with Crippen molar-refractivity contribution in [3.8, 4) is 0 Å². The topological polar surface area (TPSA) is 36.5 Å². The molecule has 1 heterocycles. The number of hydroxylamine groups is 3. The number of hydrogen-bond acceptors (Lipinski definition) is 4. The largest absolute Gasteiger partial charge is 0.389 e. The third-order valence-electron chi connectivity index (χ3n) is 4.43. The summed E-state index contributed by atoms with van der Waals surface area (Å²) in [7, 11) is 1.95. The van der Waals surface area contributed by atoms with E-state index in [-0.39, 0.29) is 6.04 Å². The van der Waals surface area contributed by atoms with E-state index in [1.54, 1.807) is 6.20 Å². The molecule has 27 heavy (non-hydrogen) atoms. The Hall–Kier alpha value is -2.17. The Morgan fingerprint density at radius 1 is 1.30 bits per heavy atom. The van der Waals surface area contributed by atoms with Crippen LogP contribution in [-0.2, 0) is 4.94 Å². The van der Waals surface area contributed by atoms with Gasteiger partial charge in [0.1, 0.15) is 6.04 Å². The molecule has 0 aromatic heterocycles. The molecule has 0 aliphatic carbocycles. The summed E-state index contributed by atoms with van der Waals surface area (Å²) >= 11 is 6.08. The first kappa shape index (κ1) is 21.1. The molecule has 2 N–H and O–H groups in total. The number of nitrogens with one attached hydrogen (secondary N) is 2. The standard InChI is InChI=1S/C22H30ClN3O/c1-6-7-10-20-17(4)26(27-25-15-8-9-16(2)3)22(21(20)24-5)18-11-13-19(23)14-12-18/h8-9,11-15,22,24-25H,4,6-7,10H2,1-3,5H3/b15-8-. The van der Waals surface area contributed by atoms with E-state index in [2.05, 4.69) is 24.3 Å². The molecule has 5 heteroatoms. The van der Waals surface area contributed by atoms with E-state index in [1.807, 2.05) is 62.4 Å². The fourth-order valence-corrected chi connectivity index (χ4v) is 3.19. The van der Waals surface area contributed by atoms with E-state index in [0.717, 1.165) is 36.2 Å². The lowest BCUT2D eigenvalue weighted by molar-refractivity contribution is -0.185. The molecule has 2 rings (SSSR count). The highest BCUT2D eigenvalue weighted by Gasteiger charge is 2.37. The van der Waals surface area contributed by atoms with Crippen molar-refractivity contribution in [2.45, 2.75) is 46.1 Å². The van der Waals surface area contributed by atoms with Gasteiger partial charge in [-0.15, -0.1) is 0 Å². The molecule has 0 amide bonds. The Labute approximate surface area is 168 Å². The minimum absolute atomic E-state index is 0.101. The molecule has 0 radical (unpaired) electrons. The van der Waals surface area contributed by atoms with Crippen LogP contribution in [0.1, 0.15) is 51.6 Å². The molecule has 1 aliphatic rings. The summed E-state index contributed by atoms with van der Waals surface area (Å²) in [5.41, 5.74) is 8.41. The summed E-state index contributed by atoms with van der Waals surface area (Å²) in [6, 6.07) is 7.75. The Morgan fingerprint density at radius 3 is 2.59 bits per heavy atom. The first-order valence-corrected chi connectivity index (χ1v) is 9.74. The number of allylic oxidation sites excluding steroid dienone is 4. The van der Waals surface area contributed by atoms with Crippen molar-refractivity contribution in [3.05, 3.63) is 82.3 Å².